The molecule has 0 saturated heterocycles. The van der Waals surface area contributed by atoms with Crippen LogP contribution in [-0.4, -0.2) is 19.0 Å². The lowest BCUT2D eigenvalue weighted by atomic mass is 10.2. The van der Waals surface area contributed by atoms with E-state index in [0.29, 0.717) is 11.3 Å². The van der Waals surface area contributed by atoms with Crippen LogP contribution in [0.2, 0.25) is 0 Å². The molecule has 0 saturated carbocycles. The van der Waals surface area contributed by atoms with Crippen LogP contribution in [0.15, 0.2) is 54.6 Å². The number of nitrogens with one attached hydrogen (secondary N) is 1. The van der Waals surface area contributed by atoms with Crippen molar-refractivity contribution in [2.75, 3.05) is 11.9 Å². The Hall–Kier alpha value is -2.82. The second kappa shape index (κ2) is 5.88. The number of carbonyl (C=O) groups is 1. The standard InChI is InChI=1S/C15H15N3O2/c1-18(15(16)17)12-7-9-13(10-8-12)20-14(19)11-5-3-2-4-6-11/h2-10H,1H3,(H3,16,17). The summed E-state index contributed by atoms with van der Waals surface area (Å²) in [5, 5.41) is 7.34. The normalized spacial score (nSPS) is 9.85. The largest absolute Gasteiger partial charge is 0.423 e. The zero-order valence-electron chi connectivity index (χ0n) is 11.0. The van der Waals surface area contributed by atoms with Gasteiger partial charge in [0.15, 0.2) is 5.96 Å². The average molecular weight is 269 g/mol. The second-order valence-corrected chi connectivity index (χ2v) is 4.19. The van der Waals surface area contributed by atoms with E-state index in [1.165, 1.54) is 4.90 Å². The predicted octanol–water partition coefficient (Wildman–Crippen LogP) is 2.24. The van der Waals surface area contributed by atoms with Crippen molar-refractivity contribution in [3.63, 3.8) is 0 Å². The molecule has 2 aromatic rings. The van der Waals surface area contributed by atoms with Gasteiger partial charge in [-0.1, -0.05) is 18.2 Å². The number of esters is 1. The fourth-order valence-corrected chi connectivity index (χ4v) is 1.62. The van der Waals surface area contributed by atoms with Gasteiger partial charge >= 0.3 is 5.97 Å². The highest BCUT2D eigenvalue weighted by molar-refractivity contribution is 5.92. The summed E-state index contributed by atoms with van der Waals surface area (Å²) in [6, 6.07) is 15.6. The monoisotopic (exact) mass is 269 g/mol. The molecule has 0 unspecified atom stereocenters. The third kappa shape index (κ3) is 3.14. The van der Waals surface area contributed by atoms with Crippen LogP contribution in [0.5, 0.6) is 5.75 Å². The summed E-state index contributed by atoms with van der Waals surface area (Å²) in [6.07, 6.45) is 0. The fraction of sp³-hybridized carbons (Fsp3) is 0.0667. The maximum Gasteiger partial charge on any atom is 0.343 e. The molecule has 2 rings (SSSR count). The van der Waals surface area contributed by atoms with Crippen molar-refractivity contribution in [1.29, 1.82) is 5.41 Å². The molecule has 0 aliphatic heterocycles. The summed E-state index contributed by atoms with van der Waals surface area (Å²) in [7, 11) is 1.69. The number of guanidine groups is 1. The van der Waals surface area contributed by atoms with Gasteiger partial charge in [-0.15, -0.1) is 0 Å². The Labute approximate surface area is 117 Å². The zero-order valence-corrected chi connectivity index (χ0v) is 11.0. The van der Waals surface area contributed by atoms with Crippen LogP contribution in [0.1, 0.15) is 10.4 Å². The summed E-state index contributed by atoms with van der Waals surface area (Å²) in [5.74, 6) is -0.0168. The van der Waals surface area contributed by atoms with Crippen molar-refractivity contribution in [1.82, 2.24) is 0 Å². The molecule has 20 heavy (non-hydrogen) atoms. The molecule has 0 heterocycles. The molecule has 2 aromatic carbocycles. The van der Waals surface area contributed by atoms with Crippen molar-refractivity contribution < 1.29 is 9.53 Å². The third-order valence-corrected chi connectivity index (χ3v) is 2.81. The van der Waals surface area contributed by atoms with E-state index < -0.39 is 5.97 Å². The molecule has 0 aromatic heterocycles. The van der Waals surface area contributed by atoms with Gasteiger partial charge in [0, 0.05) is 12.7 Å². The van der Waals surface area contributed by atoms with Gasteiger partial charge in [0.05, 0.1) is 5.56 Å². The number of ether oxygens (including phenoxy) is 1. The minimum Gasteiger partial charge on any atom is -0.423 e. The maximum atomic E-state index is 11.9. The highest BCUT2D eigenvalue weighted by atomic mass is 16.5. The first-order valence-electron chi connectivity index (χ1n) is 6.03. The Bertz CT molecular complexity index is 609. The van der Waals surface area contributed by atoms with E-state index in [1.807, 2.05) is 6.07 Å². The van der Waals surface area contributed by atoms with Crippen LogP contribution < -0.4 is 15.4 Å². The number of hydrogen-bond acceptors (Lipinski definition) is 3. The van der Waals surface area contributed by atoms with E-state index in [9.17, 15) is 4.79 Å². The van der Waals surface area contributed by atoms with Gasteiger partial charge < -0.3 is 15.4 Å². The van der Waals surface area contributed by atoms with Gasteiger partial charge in [-0.2, -0.15) is 0 Å². The van der Waals surface area contributed by atoms with E-state index in [4.69, 9.17) is 15.9 Å². The Balaban J connectivity index is 2.08. The summed E-state index contributed by atoms with van der Waals surface area (Å²) < 4.78 is 5.25. The van der Waals surface area contributed by atoms with Gasteiger partial charge in [-0.05, 0) is 36.4 Å². The minimum absolute atomic E-state index is 0.0565. The van der Waals surface area contributed by atoms with Crippen molar-refractivity contribution in [3.05, 3.63) is 60.2 Å². The van der Waals surface area contributed by atoms with E-state index >= 15 is 0 Å². The van der Waals surface area contributed by atoms with Gasteiger partial charge in [0.2, 0.25) is 0 Å². The first kappa shape index (κ1) is 13.6. The Morgan fingerprint density at radius 3 is 2.25 bits per heavy atom. The van der Waals surface area contributed by atoms with Crippen molar-refractivity contribution >= 4 is 17.6 Å². The highest BCUT2D eigenvalue weighted by Gasteiger charge is 2.08. The summed E-state index contributed by atoms with van der Waals surface area (Å²) >= 11 is 0. The molecule has 102 valence electrons. The van der Waals surface area contributed by atoms with Crippen LogP contribution in [-0.2, 0) is 0 Å². The van der Waals surface area contributed by atoms with Crippen LogP contribution in [0.25, 0.3) is 0 Å². The number of nitrogens with two attached hydrogens (primary N) is 1. The first-order valence-corrected chi connectivity index (χ1v) is 6.03. The maximum absolute atomic E-state index is 11.9. The smallest absolute Gasteiger partial charge is 0.343 e. The fourth-order valence-electron chi connectivity index (χ4n) is 1.62. The number of nitrogens with zero attached hydrogens (tertiary/aromatic N) is 1. The summed E-state index contributed by atoms with van der Waals surface area (Å²) in [6.45, 7) is 0. The minimum atomic E-state index is -0.404. The van der Waals surface area contributed by atoms with Crippen molar-refractivity contribution in [3.8, 4) is 5.75 Å². The first-order chi connectivity index (χ1) is 9.58. The Kier molecular flexibility index (Phi) is 4.00. The van der Waals surface area contributed by atoms with Gasteiger partial charge in [0.1, 0.15) is 5.75 Å². The second-order valence-electron chi connectivity index (χ2n) is 4.19. The molecule has 5 heteroatoms. The summed E-state index contributed by atoms with van der Waals surface area (Å²) in [5.41, 5.74) is 6.63. The predicted molar refractivity (Wildman–Crippen MR) is 78.2 cm³/mol. The van der Waals surface area contributed by atoms with Crippen LogP contribution >= 0.6 is 0 Å². The molecule has 0 amide bonds. The van der Waals surface area contributed by atoms with Gasteiger partial charge in [-0.25, -0.2) is 4.79 Å². The molecule has 0 aliphatic rings. The van der Waals surface area contributed by atoms with Gasteiger partial charge in [0.25, 0.3) is 0 Å². The summed E-state index contributed by atoms with van der Waals surface area (Å²) in [4.78, 5) is 13.4. The lowest BCUT2D eigenvalue weighted by Crippen LogP contribution is -2.32. The van der Waals surface area contributed by atoms with E-state index in [1.54, 1.807) is 55.6 Å². The number of rotatable bonds is 3. The SMILES string of the molecule is CN(C(=N)N)c1ccc(OC(=O)c2ccccc2)cc1. The molecule has 0 radical (unpaired) electrons. The highest BCUT2D eigenvalue weighted by Crippen LogP contribution is 2.19. The van der Waals surface area contributed by atoms with E-state index in [-0.39, 0.29) is 5.96 Å². The zero-order chi connectivity index (χ0) is 14.5. The molecule has 0 fully saturated rings. The van der Waals surface area contributed by atoms with Gasteiger partial charge in [-0.3, -0.25) is 5.41 Å². The topological polar surface area (TPSA) is 79.4 Å². The molecular formula is C15H15N3O2. The van der Waals surface area contributed by atoms with Crippen LogP contribution in [0.3, 0.4) is 0 Å². The number of anilines is 1. The molecule has 5 nitrogen and oxygen atoms in total. The number of benzene rings is 2. The van der Waals surface area contributed by atoms with E-state index in [2.05, 4.69) is 0 Å². The molecule has 0 atom stereocenters. The lowest BCUT2D eigenvalue weighted by Gasteiger charge is -2.16. The molecule has 0 aliphatic carbocycles. The van der Waals surface area contributed by atoms with Crippen LogP contribution in [0.4, 0.5) is 5.69 Å². The Morgan fingerprint density at radius 2 is 1.70 bits per heavy atom. The molecule has 0 spiro atoms. The third-order valence-electron chi connectivity index (χ3n) is 2.81. The lowest BCUT2D eigenvalue weighted by molar-refractivity contribution is 0.0735. The quantitative estimate of drug-likeness (QED) is 0.387. The number of carbonyl (C=O) groups excluding carboxylic acids is 1. The molecule has 0 bridgehead atoms. The molecule has 3 N–H and O–H groups in total. The molecular weight excluding hydrogens is 254 g/mol. The Morgan fingerprint density at radius 1 is 1.10 bits per heavy atom. The van der Waals surface area contributed by atoms with Crippen LogP contribution in [0, 0.1) is 5.41 Å². The van der Waals surface area contributed by atoms with Crippen molar-refractivity contribution in [2.45, 2.75) is 0 Å². The van der Waals surface area contributed by atoms with Crippen molar-refractivity contribution in [2.24, 2.45) is 5.73 Å². The number of hydrogen-bond donors (Lipinski definition) is 2. The van der Waals surface area contributed by atoms with E-state index in [0.717, 1.165) is 5.69 Å². The average Bonchev–Trinajstić information content (AvgIpc) is 2.48.